The largest absolute Gasteiger partial charge is 0.392 e. The van der Waals surface area contributed by atoms with Crippen LogP contribution in [0.2, 0.25) is 5.02 Å². The fraction of sp³-hybridized carbons (Fsp3) is 0.333. The van der Waals surface area contributed by atoms with E-state index in [1.165, 1.54) is 0 Å². The average molecular weight is 265 g/mol. The van der Waals surface area contributed by atoms with Gasteiger partial charge in [0.1, 0.15) is 0 Å². The maximum atomic E-state index is 8.83. The Balaban J connectivity index is 2.30. The first kappa shape index (κ1) is 14.8. The van der Waals surface area contributed by atoms with Gasteiger partial charge in [0.25, 0.3) is 0 Å². The number of rotatable bonds is 5. The number of hydrogen-bond donors (Lipinski definition) is 2. The number of aliphatic hydroxyl groups is 2. The van der Waals surface area contributed by atoms with E-state index in [-0.39, 0.29) is 13.2 Å². The summed E-state index contributed by atoms with van der Waals surface area (Å²) in [5.74, 6) is 6.14. The third-order valence-electron chi connectivity index (χ3n) is 2.42. The molecule has 18 heavy (non-hydrogen) atoms. The second kappa shape index (κ2) is 8.77. The topological polar surface area (TPSA) is 40.5 Å². The minimum absolute atomic E-state index is 0.0764. The molecular formula is C15H17ClO2. The summed E-state index contributed by atoms with van der Waals surface area (Å²) in [6.07, 6.45) is 4.41. The van der Waals surface area contributed by atoms with Crippen LogP contribution in [0.25, 0.3) is 0 Å². The quantitative estimate of drug-likeness (QED) is 0.488. The summed E-state index contributed by atoms with van der Waals surface area (Å²) >= 11 is 5.78. The summed E-state index contributed by atoms with van der Waals surface area (Å²) in [6.45, 7) is -0.153. The molecule has 0 radical (unpaired) electrons. The van der Waals surface area contributed by atoms with Crippen LogP contribution in [0.1, 0.15) is 24.8 Å². The minimum Gasteiger partial charge on any atom is -0.392 e. The first-order valence-corrected chi connectivity index (χ1v) is 6.28. The van der Waals surface area contributed by atoms with E-state index in [2.05, 4.69) is 11.8 Å². The smallest absolute Gasteiger partial charge is 0.0663 e. The highest BCUT2D eigenvalue weighted by Gasteiger charge is 1.91. The van der Waals surface area contributed by atoms with Gasteiger partial charge in [0, 0.05) is 17.0 Å². The van der Waals surface area contributed by atoms with Crippen molar-refractivity contribution in [3.05, 3.63) is 46.5 Å². The third-order valence-corrected chi connectivity index (χ3v) is 2.67. The lowest BCUT2D eigenvalue weighted by atomic mass is 10.1. The molecule has 3 heteroatoms. The summed E-state index contributed by atoms with van der Waals surface area (Å²) in [5.41, 5.74) is 1.63. The SMILES string of the molecule is OCC(=CCCCC#Cc1ccc(Cl)cc1)CO. The van der Waals surface area contributed by atoms with Crippen molar-refractivity contribution in [2.24, 2.45) is 0 Å². The second-order valence-corrected chi connectivity index (χ2v) is 4.32. The van der Waals surface area contributed by atoms with Gasteiger partial charge in [-0.05, 0) is 42.7 Å². The Labute approximate surface area is 113 Å². The summed E-state index contributed by atoms with van der Waals surface area (Å²) in [4.78, 5) is 0. The van der Waals surface area contributed by atoms with Crippen LogP contribution in [0.15, 0.2) is 35.9 Å². The van der Waals surface area contributed by atoms with Crippen LogP contribution in [0, 0.1) is 11.8 Å². The van der Waals surface area contributed by atoms with Crippen LogP contribution < -0.4 is 0 Å². The molecule has 0 unspecified atom stereocenters. The molecule has 1 aromatic rings. The van der Waals surface area contributed by atoms with Crippen LogP contribution in [0.5, 0.6) is 0 Å². The zero-order valence-electron chi connectivity index (χ0n) is 10.2. The molecule has 0 aliphatic carbocycles. The molecule has 0 fully saturated rings. The third kappa shape index (κ3) is 5.88. The fourth-order valence-electron chi connectivity index (χ4n) is 1.37. The van der Waals surface area contributed by atoms with E-state index in [4.69, 9.17) is 21.8 Å². The number of hydrogen-bond acceptors (Lipinski definition) is 2. The van der Waals surface area contributed by atoms with E-state index in [1.54, 1.807) is 0 Å². The molecule has 96 valence electrons. The lowest BCUT2D eigenvalue weighted by molar-refractivity contribution is 0.276. The maximum Gasteiger partial charge on any atom is 0.0663 e. The summed E-state index contributed by atoms with van der Waals surface area (Å²) in [6, 6.07) is 7.43. The Morgan fingerprint density at radius 1 is 1.17 bits per heavy atom. The van der Waals surface area contributed by atoms with Crippen LogP contribution in [0.3, 0.4) is 0 Å². The van der Waals surface area contributed by atoms with Crippen molar-refractivity contribution in [3.63, 3.8) is 0 Å². The highest BCUT2D eigenvalue weighted by molar-refractivity contribution is 6.30. The number of halogens is 1. The molecule has 1 aromatic carbocycles. The van der Waals surface area contributed by atoms with E-state index >= 15 is 0 Å². The number of unbranched alkanes of at least 4 members (excludes halogenated alkanes) is 2. The number of aliphatic hydroxyl groups excluding tert-OH is 2. The summed E-state index contributed by atoms with van der Waals surface area (Å²) in [5, 5.41) is 18.4. The van der Waals surface area contributed by atoms with Gasteiger partial charge < -0.3 is 10.2 Å². The Morgan fingerprint density at radius 3 is 2.44 bits per heavy atom. The van der Waals surface area contributed by atoms with Gasteiger partial charge in [0.2, 0.25) is 0 Å². The predicted molar refractivity (Wildman–Crippen MR) is 74.4 cm³/mol. The van der Waals surface area contributed by atoms with Gasteiger partial charge in [-0.3, -0.25) is 0 Å². The van der Waals surface area contributed by atoms with Gasteiger partial charge in [0.05, 0.1) is 13.2 Å². The molecule has 2 nitrogen and oxygen atoms in total. The molecule has 0 heterocycles. The van der Waals surface area contributed by atoms with Gasteiger partial charge in [-0.2, -0.15) is 0 Å². The van der Waals surface area contributed by atoms with Gasteiger partial charge >= 0.3 is 0 Å². The van der Waals surface area contributed by atoms with Crippen molar-refractivity contribution >= 4 is 11.6 Å². The Hall–Kier alpha value is -1.27. The van der Waals surface area contributed by atoms with Crippen molar-refractivity contribution in [1.82, 2.24) is 0 Å². The standard InChI is InChI=1S/C15H17ClO2/c16-15-9-7-13(8-10-15)5-3-1-2-4-6-14(11-17)12-18/h6-10,17-18H,1-2,4,11-12H2. The zero-order chi connectivity index (χ0) is 13.2. The molecular weight excluding hydrogens is 248 g/mol. The van der Waals surface area contributed by atoms with Crippen LogP contribution >= 0.6 is 11.6 Å². The van der Waals surface area contributed by atoms with Gasteiger partial charge in [-0.25, -0.2) is 0 Å². The summed E-state index contributed by atoms with van der Waals surface area (Å²) < 4.78 is 0. The van der Waals surface area contributed by atoms with Crippen molar-refractivity contribution in [3.8, 4) is 11.8 Å². The Bertz CT molecular complexity index is 432. The normalized spacial score (nSPS) is 9.50. The van der Waals surface area contributed by atoms with E-state index in [0.29, 0.717) is 10.6 Å². The number of benzene rings is 1. The first-order valence-electron chi connectivity index (χ1n) is 5.90. The van der Waals surface area contributed by atoms with Crippen LogP contribution in [-0.4, -0.2) is 23.4 Å². The Morgan fingerprint density at radius 2 is 1.83 bits per heavy atom. The Kier molecular flexibility index (Phi) is 7.20. The predicted octanol–water partition coefficient (Wildman–Crippen LogP) is 2.77. The lowest BCUT2D eigenvalue weighted by Gasteiger charge is -1.97. The molecule has 0 saturated heterocycles. The van der Waals surface area contributed by atoms with Crippen molar-refractivity contribution in [1.29, 1.82) is 0 Å². The number of allylic oxidation sites excluding steroid dienone is 1. The van der Waals surface area contributed by atoms with Crippen molar-refractivity contribution < 1.29 is 10.2 Å². The minimum atomic E-state index is -0.0764. The van der Waals surface area contributed by atoms with E-state index in [1.807, 2.05) is 30.3 Å². The van der Waals surface area contributed by atoms with E-state index in [0.717, 1.165) is 24.8 Å². The van der Waals surface area contributed by atoms with Crippen LogP contribution in [-0.2, 0) is 0 Å². The summed E-state index contributed by atoms with van der Waals surface area (Å²) in [7, 11) is 0. The second-order valence-electron chi connectivity index (χ2n) is 3.88. The van der Waals surface area contributed by atoms with Crippen molar-refractivity contribution in [2.75, 3.05) is 13.2 Å². The van der Waals surface area contributed by atoms with Crippen molar-refractivity contribution in [2.45, 2.75) is 19.3 Å². The highest BCUT2D eigenvalue weighted by Crippen LogP contribution is 2.08. The van der Waals surface area contributed by atoms with E-state index in [9.17, 15) is 0 Å². The molecule has 0 aliphatic rings. The molecule has 0 bridgehead atoms. The molecule has 0 aliphatic heterocycles. The zero-order valence-corrected chi connectivity index (χ0v) is 11.0. The average Bonchev–Trinajstić information content (AvgIpc) is 2.40. The van der Waals surface area contributed by atoms with Crippen LogP contribution in [0.4, 0.5) is 0 Å². The molecule has 0 atom stereocenters. The highest BCUT2D eigenvalue weighted by atomic mass is 35.5. The fourth-order valence-corrected chi connectivity index (χ4v) is 1.50. The lowest BCUT2D eigenvalue weighted by Crippen LogP contribution is -1.95. The molecule has 0 amide bonds. The van der Waals surface area contributed by atoms with Gasteiger partial charge in [-0.15, -0.1) is 0 Å². The van der Waals surface area contributed by atoms with E-state index < -0.39 is 0 Å². The molecule has 2 N–H and O–H groups in total. The monoisotopic (exact) mass is 264 g/mol. The maximum absolute atomic E-state index is 8.83. The molecule has 0 aromatic heterocycles. The van der Waals surface area contributed by atoms with Gasteiger partial charge in [-0.1, -0.05) is 29.5 Å². The van der Waals surface area contributed by atoms with Gasteiger partial charge in [0.15, 0.2) is 0 Å². The molecule has 0 spiro atoms. The molecule has 1 rings (SSSR count). The first-order chi connectivity index (χ1) is 8.76. The molecule has 0 saturated carbocycles.